The number of pyridine rings is 1. The fourth-order valence-electron chi connectivity index (χ4n) is 1.55. The summed E-state index contributed by atoms with van der Waals surface area (Å²) in [7, 11) is 0. The van der Waals surface area contributed by atoms with Crippen LogP contribution in [0.5, 0.6) is 0 Å². The second-order valence-electron chi connectivity index (χ2n) is 4.13. The third kappa shape index (κ3) is 4.24. The Hall–Kier alpha value is -1.99. The first-order chi connectivity index (χ1) is 9.95. The molecule has 0 aliphatic carbocycles. The van der Waals surface area contributed by atoms with Crippen LogP contribution in [0.25, 0.3) is 0 Å². The molecule has 0 aliphatic rings. The molecule has 0 bridgehead atoms. The van der Waals surface area contributed by atoms with Crippen LogP contribution < -0.4 is 5.32 Å². The molecule has 0 radical (unpaired) electrons. The Bertz CT molecular complexity index is 670. The van der Waals surface area contributed by atoms with Crippen LogP contribution in [0.3, 0.4) is 0 Å². The van der Waals surface area contributed by atoms with Gasteiger partial charge in [0, 0.05) is 6.20 Å². The Balaban J connectivity index is 1.88. The van der Waals surface area contributed by atoms with Crippen molar-refractivity contribution in [2.45, 2.75) is 13.8 Å². The quantitative estimate of drug-likeness (QED) is 0.874. The summed E-state index contributed by atoms with van der Waals surface area (Å²) in [6.45, 7) is 3.13. The number of hydrogen-bond acceptors (Lipinski definition) is 6. The van der Waals surface area contributed by atoms with Crippen molar-refractivity contribution in [3.05, 3.63) is 38.9 Å². The van der Waals surface area contributed by atoms with Crippen LogP contribution in [0.1, 0.15) is 20.4 Å². The standard InChI is InChI=1S/C13H12ClN3O3S/c1-7-12(21-8(2)16-7)13(19)20-6-11(18)17-10-4-3-9(14)5-15-10/h3-5H,6H2,1-2H3,(H,15,17,18). The van der Waals surface area contributed by atoms with Gasteiger partial charge in [0.05, 0.1) is 15.7 Å². The molecule has 2 aromatic rings. The van der Waals surface area contributed by atoms with Crippen molar-refractivity contribution in [1.82, 2.24) is 9.97 Å². The van der Waals surface area contributed by atoms with Gasteiger partial charge in [-0.25, -0.2) is 14.8 Å². The van der Waals surface area contributed by atoms with Crippen molar-refractivity contribution < 1.29 is 14.3 Å². The number of rotatable bonds is 4. The lowest BCUT2D eigenvalue weighted by molar-refractivity contribution is -0.119. The van der Waals surface area contributed by atoms with E-state index in [-0.39, 0.29) is 6.61 Å². The van der Waals surface area contributed by atoms with Gasteiger partial charge in [0.15, 0.2) is 6.61 Å². The van der Waals surface area contributed by atoms with Crippen molar-refractivity contribution in [3.8, 4) is 0 Å². The van der Waals surface area contributed by atoms with Gasteiger partial charge in [-0.1, -0.05) is 11.6 Å². The van der Waals surface area contributed by atoms with Gasteiger partial charge >= 0.3 is 5.97 Å². The highest BCUT2D eigenvalue weighted by Gasteiger charge is 2.16. The summed E-state index contributed by atoms with van der Waals surface area (Å²) in [5.41, 5.74) is 0.599. The Kier molecular flexibility index (Phi) is 4.87. The van der Waals surface area contributed by atoms with Gasteiger partial charge in [0.2, 0.25) is 0 Å². The molecule has 0 aromatic carbocycles. The maximum atomic E-state index is 11.8. The van der Waals surface area contributed by atoms with E-state index in [1.54, 1.807) is 26.0 Å². The zero-order chi connectivity index (χ0) is 15.4. The molecule has 2 aromatic heterocycles. The lowest BCUT2D eigenvalue weighted by Gasteiger charge is -2.05. The van der Waals surface area contributed by atoms with E-state index in [0.717, 1.165) is 5.01 Å². The SMILES string of the molecule is Cc1nc(C)c(C(=O)OCC(=O)Nc2ccc(Cl)cn2)s1. The summed E-state index contributed by atoms with van der Waals surface area (Å²) < 4.78 is 4.95. The number of anilines is 1. The summed E-state index contributed by atoms with van der Waals surface area (Å²) >= 11 is 6.92. The Morgan fingerprint density at radius 3 is 2.71 bits per heavy atom. The molecule has 0 fully saturated rings. The number of carbonyl (C=O) groups excluding carboxylic acids is 2. The van der Waals surface area contributed by atoms with Crippen LogP contribution in [0.2, 0.25) is 5.02 Å². The minimum atomic E-state index is -0.558. The molecule has 0 atom stereocenters. The third-order valence-electron chi connectivity index (χ3n) is 2.42. The second-order valence-corrected chi connectivity index (χ2v) is 5.77. The van der Waals surface area contributed by atoms with E-state index < -0.39 is 11.9 Å². The van der Waals surface area contributed by atoms with Crippen LogP contribution in [0.15, 0.2) is 18.3 Å². The third-order valence-corrected chi connectivity index (χ3v) is 3.69. The van der Waals surface area contributed by atoms with Gasteiger partial charge in [-0.2, -0.15) is 0 Å². The van der Waals surface area contributed by atoms with Crippen LogP contribution in [0, 0.1) is 13.8 Å². The minimum absolute atomic E-state index is 0.338. The molecule has 110 valence electrons. The molecule has 6 nitrogen and oxygen atoms in total. The van der Waals surface area contributed by atoms with E-state index in [1.165, 1.54) is 17.5 Å². The summed E-state index contributed by atoms with van der Waals surface area (Å²) in [6, 6.07) is 3.15. The number of nitrogens with zero attached hydrogens (tertiary/aromatic N) is 2. The van der Waals surface area contributed by atoms with Gasteiger partial charge in [0.1, 0.15) is 10.7 Å². The van der Waals surface area contributed by atoms with Crippen molar-refractivity contribution in [1.29, 1.82) is 0 Å². The number of ether oxygens (including phenoxy) is 1. The molecule has 1 N–H and O–H groups in total. The summed E-state index contributed by atoms with van der Waals surface area (Å²) in [5.74, 6) is -0.695. The van der Waals surface area contributed by atoms with E-state index in [4.69, 9.17) is 16.3 Å². The largest absolute Gasteiger partial charge is 0.451 e. The Morgan fingerprint density at radius 2 is 2.14 bits per heavy atom. The first-order valence-corrected chi connectivity index (χ1v) is 7.17. The van der Waals surface area contributed by atoms with Gasteiger partial charge in [0.25, 0.3) is 5.91 Å². The fraction of sp³-hybridized carbons (Fsp3) is 0.231. The molecule has 0 unspecified atom stereocenters. The molecule has 2 heterocycles. The first-order valence-electron chi connectivity index (χ1n) is 5.98. The predicted octanol–water partition coefficient (Wildman–Crippen LogP) is 2.60. The smallest absolute Gasteiger partial charge is 0.350 e. The van der Waals surface area contributed by atoms with E-state index in [9.17, 15) is 9.59 Å². The molecule has 2 rings (SSSR count). The number of thiazole rings is 1. The highest BCUT2D eigenvalue weighted by molar-refractivity contribution is 7.13. The van der Waals surface area contributed by atoms with Gasteiger partial charge < -0.3 is 10.1 Å². The molecular weight excluding hydrogens is 314 g/mol. The minimum Gasteiger partial charge on any atom is -0.451 e. The fourth-order valence-corrected chi connectivity index (χ4v) is 2.47. The van der Waals surface area contributed by atoms with E-state index >= 15 is 0 Å². The monoisotopic (exact) mass is 325 g/mol. The number of amides is 1. The topological polar surface area (TPSA) is 81.2 Å². The number of halogens is 1. The number of aryl methyl sites for hydroxylation is 2. The highest BCUT2D eigenvalue weighted by Crippen LogP contribution is 2.18. The molecule has 0 saturated carbocycles. The number of carbonyl (C=O) groups is 2. The molecule has 1 amide bonds. The predicted molar refractivity (Wildman–Crippen MR) is 79.7 cm³/mol. The average Bonchev–Trinajstić information content (AvgIpc) is 2.78. The lowest BCUT2D eigenvalue weighted by Crippen LogP contribution is -2.21. The van der Waals surface area contributed by atoms with Crippen LogP contribution in [0.4, 0.5) is 5.82 Å². The molecule has 0 saturated heterocycles. The molecule has 0 aliphatic heterocycles. The van der Waals surface area contributed by atoms with Crippen LogP contribution >= 0.6 is 22.9 Å². The molecule has 0 spiro atoms. The highest BCUT2D eigenvalue weighted by atomic mass is 35.5. The van der Waals surface area contributed by atoms with E-state index in [2.05, 4.69) is 15.3 Å². The number of nitrogens with one attached hydrogen (secondary N) is 1. The maximum Gasteiger partial charge on any atom is 0.350 e. The van der Waals surface area contributed by atoms with Crippen LogP contribution in [-0.2, 0) is 9.53 Å². The number of esters is 1. The maximum absolute atomic E-state index is 11.8. The normalized spacial score (nSPS) is 10.2. The van der Waals surface area contributed by atoms with Crippen LogP contribution in [-0.4, -0.2) is 28.5 Å². The molecule has 8 heteroatoms. The number of hydrogen-bond donors (Lipinski definition) is 1. The second kappa shape index (κ2) is 6.64. The molecule has 21 heavy (non-hydrogen) atoms. The van der Waals surface area contributed by atoms with Gasteiger partial charge in [-0.3, -0.25) is 4.79 Å². The first kappa shape index (κ1) is 15.4. The zero-order valence-electron chi connectivity index (χ0n) is 11.3. The van der Waals surface area contributed by atoms with Crippen molar-refractivity contribution in [3.63, 3.8) is 0 Å². The Morgan fingerprint density at radius 1 is 1.38 bits per heavy atom. The number of aromatic nitrogens is 2. The average molecular weight is 326 g/mol. The summed E-state index contributed by atoms with van der Waals surface area (Å²) in [6.07, 6.45) is 1.41. The van der Waals surface area contributed by atoms with E-state index in [1.807, 2.05) is 0 Å². The zero-order valence-corrected chi connectivity index (χ0v) is 12.9. The summed E-state index contributed by atoms with van der Waals surface area (Å²) in [4.78, 5) is 31.9. The van der Waals surface area contributed by atoms with Gasteiger partial charge in [-0.15, -0.1) is 11.3 Å². The Labute approximate surface area is 130 Å². The molecular formula is C13H12ClN3O3S. The van der Waals surface area contributed by atoms with Gasteiger partial charge in [-0.05, 0) is 26.0 Å². The van der Waals surface area contributed by atoms with E-state index in [0.29, 0.717) is 21.4 Å². The lowest BCUT2D eigenvalue weighted by atomic mass is 10.4. The summed E-state index contributed by atoms with van der Waals surface area (Å²) in [5, 5.41) is 3.74. The van der Waals surface area contributed by atoms with Crippen molar-refractivity contribution in [2.75, 3.05) is 11.9 Å². The van der Waals surface area contributed by atoms with Crippen molar-refractivity contribution >= 4 is 40.6 Å². The van der Waals surface area contributed by atoms with Crippen molar-refractivity contribution in [2.24, 2.45) is 0 Å².